The van der Waals surface area contributed by atoms with E-state index in [-0.39, 0.29) is 5.43 Å². The predicted octanol–water partition coefficient (Wildman–Crippen LogP) is 4.21. The lowest BCUT2D eigenvalue weighted by atomic mass is 10.1. The van der Waals surface area contributed by atoms with Gasteiger partial charge in [-0.3, -0.25) is 4.79 Å². The first-order valence-corrected chi connectivity index (χ1v) is 7.63. The summed E-state index contributed by atoms with van der Waals surface area (Å²) in [5.41, 5.74) is 1.02. The van der Waals surface area contributed by atoms with Gasteiger partial charge in [-0.05, 0) is 24.3 Å². The van der Waals surface area contributed by atoms with Gasteiger partial charge in [-0.1, -0.05) is 0 Å². The second-order valence-corrected chi connectivity index (χ2v) is 5.22. The molecule has 6 heteroatoms. The Kier molecular flexibility index (Phi) is 4.42. The van der Waals surface area contributed by atoms with E-state index in [0.717, 1.165) is 11.3 Å². The van der Waals surface area contributed by atoms with Crippen LogP contribution in [0.2, 0.25) is 0 Å². The van der Waals surface area contributed by atoms with Crippen LogP contribution in [0.5, 0.6) is 17.2 Å². The Morgan fingerprint density at radius 2 is 1.70 bits per heavy atom. The average Bonchev–Trinajstić information content (AvgIpc) is 2.60. The molecule has 0 spiro atoms. The van der Waals surface area contributed by atoms with E-state index in [1.54, 1.807) is 42.2 Å². The van der Waals surface area contributed by atoms with Gasteiger partial charge in [-0.25, -0.2) is 0 Å². The molecule has 0 saturated carbocycles. The van der Waals surface area contributed by atoms with Crippen LogP contribution >= 0.6 is 23.0 Å². The van der Waals surface area contributed by atoms with Gasteiger partial charge in [-0.2, -0.15) is 0 Å². The van der Waals surface area contributed by atoms with E-state index in [1.165, 1.54) is 13.2 Å². The van der Waals surface area contributed by atoms with E-state index in [1.807, 2.05) is 24.3 Å². The number of hydrogen-bond acceptors (Lipinski definition) is 5. The minimum Gasteiger partial charge on any atom is -0.497 e. The third-order valence-electron chi connectivity index (χ3n) is 3.45. The fourth-order valence-corrected chi connectivity index (χ4v) is 2.59. The van der Waals surface area contributed by atoms with Gasteiger partial charge in [0.2, 0.25) is 0 Å². The molecule has 23 heavy (non-hydrogen) atoms. The van der Waals surface area contributed by atoms with Crippen LogP contribution in [0.25, 0.3) is 22.3 Å². The van der Waals surface area contributed by atoms with Crippen molar-refractivity contribution in [3.05, 3.63) is 52.7 Å². The van der Waals surface area contributed by atoms with Crippen molar-refractivity contribution in [2.75, 3.05) is 14.2 Å². The van der Waals surface area contributed by atoms with Gasteiger partial charge < -0.3 is 17.0 Å². The highest BCUT2D eigenvalue weighted by Crippen LogP contribution is 2.32. The number of benzene rings is 2. The predicted molar refractivity (Wildman–Crippen MR) is 95.7 cm³/mol. The van der Waals surface area contributed by atoms with Crippen LogP contribution in [0.1, 0.15) is 0 Å². The SMILES string of the molecule is COc1ccc(-c2cc(=O)c3c(OC)cc(OI)cc3o2)cc1. The Labute approximate surface area is 146 Å². The lowest BCUT2D eigenvalue weighted by molar-refractivity contribution is 0.415. The number of ether oxygens (including phenoxy) is 2. The minimum atomic E-state index is -0.172. The largest absolute Gasteiger partial charge is 0.497 e. The van der Waals surface area contributed by atoms with Crippen LogP contribution in [0, 0.1) is 0 Å². The zero-order valence-electron chi connectivity index (χ0n) is 12.5. The van der Waals surface area contributed by atoms with Crippen LogP contribution in [0.15, 0.2) is 51.7 Å². The smallest absolute Gasteiger partial charge is 0.197 e. The van der Waals surface area contributed by atoms with Gasteiger partial charge in [0.25, 0.3) is 0 Å². The molecule has 0 N–H and O–H groups in total. The molecule has 0 aliphatic heterocycles. The summed E-state index contributed by atoms with van der Waals surface area (Å²) in [6, 6.07) is 12.1. The summed E-state index contributed by atoms with van der Waals surface area (Å²) in [6.45, 7) is 0. The Bertz CT molecular complexity index is 899. The molecular weight excluding hydrogens is 411 g/mol. The number of methoxy groups -OCH3 is 2. The zero-order chi connectivity index (χ0) is 16.4. The van der Waals surface area contributed by atoms with Crippen molar-refractivity contribution in [3.8, 4) is 28.6 Å². The third kappa shape index (κ3) is 2.98. The fourth-order valence-electron chi connectivity index (χ4n) is 2.33. The minimum absolute atomic E-state index is 0.172. The first kappa shape index (κ1) is 15.7. The number of fused-ring (bicyclic) bond motifs is 1. The first-order chi connectivity index (χ1) is 11.2. The zero-order valence-corrected chi connectivity index (χ0v) is 14.6. The van der Waals surface area contributed by atoms with Crippen molar-refractivity contribution in [3.63, 3.8) is 0 Å². The van der Waals surface area contributed by atoms with Crippen LogP contribution in [-0.2, 0) is 0 Å². The molecule has 0 radical (unpaired) electrons. The van der Waals surface area contributed by atoms with Crippen molar-refractivity contribution in [2.24, 2.45) is 0 Å². The average molecular weight is 424 g/mol. The molecular formula is C17H13IO5. The summed E-state index contributed by atoms with van der Waals surface area (Å²) < 4.78 is 21.5. The summed E-state index contributed by atoms with van der Waals surface area (Å²) >= 11 is 1.77. The normalized spacial score (nSPS) is 10.6. The maximum absolute atomic E-state index is 12.5. The van der Waals surface area contributed by atoms with Gasteiger partial charge in [0.1, 0.15) is 34.0 Å². The number of rotatable bonds is 4. The van der Waals surface area contributed by atoms with Crippen molar-refractivity contribution in [1.82, 2.24) is 0 Å². The molecule has 5 nitrogen and oxygen atoms in total. The molecule has 118 valence electrons. The Hall–Kier alpha value is -2.22. The maximum Gasteiger partial charge on any atom is 0.197 e. The van der Waals surface area contributed by atoms with E-state index in [4.69, 9.17) is 17.0 Å². The first-order valence-electron chi connectivity index (χ1n) is 6.75. The van der Waals surface area contributed by atoms with Crippen LogP contribution < -0.4 is 18.0 Å². The van der Waals surface area contributed by atoms with Gasteiger partial charge in [0, 0.05) is 23.8 Å². The Morgan fingerprint density at radius 1 is 0.957 bits per heavy atom. The summed E-state index contributed by atoms with van der Waals surface area (Å²) in [6.07, 6.45) is 0. The molecule has 1 aromatic heterocycles. The molecule has 0 unspecified atom stereocenters. The lowest BCUT2D eigenvalue weighted by Crippen LogP contribution is -2.03. The van der Waals surface area contributed by atoms with Gasteiger partial charge in [-0.15, -0.1) is 0 Å². The van der Waals surface area contributed by atoms with Crippen molar-refractivity contribution in [2.45, 2.75) is 0 Å². The quantitative estimate of drug-likeness (QED) is 0.588. The monoisotopic (exact) mass is 424 g/mol. The molecule has 0 fully saturated rings. The molecule has 3 rings (SSSR count). The maximum atomic E-state index is 12.5. The molecule has 0 saturated heterocycles. The summed E-state index contributed by atoms with van der Waals surface area (Å²) in [5, 5.41) is 0.391. The number of hydrogen-bond donors (Lipinski definition) is 0. The highest BCUT2D eigenvalue weighted by atomic mass is 127. The van der Waals surface area contributed by atoms with Gasteiger partial charge in [0.15, 0.2) is 28.4 Å². The van der Waals surface area contributed by atoms with E-state index >= 15 is 0 Å². The Morgan fingerprint density at radius 3 is 2.30 bits per heavy atom. The van der Waals surface area contributed by atoms with Gasteiger partial charge >= 0.3 is 0 Å². The molecule has 0 bridgehead atoms. The molecule has 2 aromatic carbocycles. The highest BCUT2D eigenvalue weighted by molar-refractivity contribution is 14.1. The van der Waals surface area contributed by atoms with Crippen molar-refractivity contribution in [1.29, 1.82) is 0 Å². The standard InChI is InChI=1S/C17H13IO5/c1-20-11-5-3-10(4-6-11)14-9-13(19)17-15(21-2)7-12(23-18)8-16(17)22-14/h3-9H,1-2H3. The van der Waals surface area contributed by atoms with Crippen molar-refractivity contribution >= 4 is 34.0 Å². The molecule has 0 aliphatic rings. The van der Waals surface area contributed by atoms with E-state index in [9.17, 15) is 4.79 Å². The second kappa shape index (κ2) is 6.49. The molecule has 1 heterocycles. The fraction of sp³-hybridized carbons (Fsp3) is 0.118. The second-order valence-electron chi connectivity index (χ2n) is 4.78. The summed E-state index contributed by atoms with van der Waals surface area (Å²) in [4.78, 5) is 12.5. The number of halogens is 1. The Balaban J connectivity index is 2.21. The van der Waals surface area contributed by atoms with Crippen LogP contribution in [0.3, 0.4) is 0 Å². The summed E-state index contributed by atoms with van der Waals surface area (Å²) in [5.74, 6) is 2.17. The van der Waals surface area contributed by atoms with Crippen LogP contribution in [0.4, 0.5) is 0 Å². The van der Waals surface area contributed by atoms with E-state index < -0.39 is 0 Å². The van der Waals surface area contributed by atoms with E-state index in [2.05, 4.69) is 0 Å². The highest BCUT2D eigenvalue weighted by Gasteiger charge is 2.13. The summed E-state index contributed by atoms with van der Waals surface area (Å²) in [7, 11) is 3.10. The van der Waals surface area contributed by atoms with Crippen molar-refractivity contribution < 1.29 is 17.0 Å². The topological polar surface area (TPSA) is 57.9 Å². The molecule has 0 atom stereocenters. The van der Waals surface area contributed by atoms with E-state index in [0.29, 0.717) is 28.2 Å². The van der Waals surface area contributed by atoms with Crippen LogP contribution in [-0.4, -0.2) is 14.2 Å². The van der Waals surface area contributed by atoms with Gasteiger partial charge in [0.05, 0.1) is 14.2 Å². The third-order valence-corrected chi connectivity index (χ3v) is 3.96. The molecule has 0 aliphatic carbocycles. The molecule has 3 aromatic rings. The molecule has 0 amide bonds. The lowest BCUT2D eigenvalue weighted by Gasteiger charge is -2.09.